The number of hydrogen-bond donors (Lipinski definition) is 0. The number of alkyl halides is 3. The topological polar surface area (TPSA) is 60.9 Å². The highest BCUT2D eigenvalue weighted by atomic mass is 35.5. The molecule has 3 aromatic carbocycles. The maximum absolute atomic E-state index is 13.5. The molecule has 196 valence electrons. The Hall–Kier alpha value is -3.24. The molecule has 0 aliphatic carbocycles. The van der Waals surface area contributed by atoms with E-state index in [9.17, 15) is 26.4 Å². The fraction of sp³-hybridized carbons (Fsp3) is 0.269. The molecule has 1 saturated heterocycles. The van der Waals surface area contributed by atoms with E-state index in [2.05, 4.69) is 0 Å². The lowest BCUT2D eigenvalue weighted by Crippen LogP contribution is -2.52. The summed E-state index contributed by atoms with van der Waals surface area (Å²) < 4.78 is 67.4. The molecule has 37 heavy (non-hydrogen) atoms. The lowest BCUT2D eigenvalue weighted by Gasteiger charge is -2.37. The Kier molecular flexibility index (Phi) is 7.70. The van der Waals surface area contributed by atoms with E-state index in [0.29, 0.717) is 29.5 Å². The van der Waals surface area contributed by atoms with Crippen LogP contribution >= 0.6 is 11.6 Å². The van der Waals surface area contributed by atoms with Gasteiger partial charge in [0, 0.05) is 36.9 Å². The third-order valence-corrected chi connectivity index (χ3v) is 8.18. The minimum absolute atomic E-state index is 0.000530. The zero-order chi connectivity index (χ0) is 26.8. The van der Waals surface area contributed by atoms with E-state index in [1.54, 1.807) is 29.2 Å². The normalized spacial score (nSPS) is 14.5. The van der Waals surface area contributed by atoms with Gasteiger partial charge in [0.05, 0.1) is 16.1 Å². The molecule has 1 heterocycles. The minimum Gasteiger partial charge on any atom is -0.368 e. The van der Waals surface area contributed by atoms with Gasteiger partial charge in [-0.25, -0.2) is 8.42 Å². The summed E-state index contributed by atoms with van der Waals surface area (Å²) >= 11 is 5.92. The fourth-order valence-corrected chi connectivity index (χ4v) is 5.68. The summed E-state index contributed by atoms with van der Waals surface area (Å²) in [6.45, 7) is 2.54. The molecule has 3 aromatic rings. The van der Waals surface area contributed by atoms with Crippen LogP contribution in [-0.4, -0.2) is 51.9 Å². The number of carbonyl (C=O) groups is 1. The molecule has 4 rings (SSSR count). The molecule has 0 atom stereocenters. The van der Waals surface area contributed by atoms with Crippen molar-refractivity contribution in [2.45, 2.75) is 18.0 Å². The van der Waals surface area contributed by atoms with Gasteiger partial charge in [-0.05, 0) is 67.1 Å². The molecule has 1 amide bonds. The summed E-state index contributed by atoms with van der Waals surface area (Å²) in [5.74, 6) is -0.400. The van der Waals surface area contributed by atoms with Crippen molar-refractivity contribution >= 4 is 38.9 Å². The Bertz CT molecular complexity index is 1370. The van der Waals surface area contributed by atoms with Crippen LogP contribution < -0.4 is 9.21 Å². The van der Waals surface area contributed by atoms with Gasteiger partial charge >= 0.3 is 6.18 Å². The third-order valence-electron chi connectivity index (χ3n) is 6.14. The Balaban J connectivity index is 1.51. The van der Waals surface area contributed by atoms with E-state index >= 15 is 0 Å². The number of piperazine rings is 1. The molecule has 1 aliphatic heterocycles. The van der Waals surface area contributed by atoms with Crippen molar-refractivity contribution in [3.63, 3.8) is 0 Å². The second-order valence-electron chi connectivity index (χ2n) is 8.72. The highest BCUT2D eigenvalue weighted by Crippen LogP contribution is 2.32. The van der Waals surface area contributed by atoms with Gasteiger partial charge in [-0.15, -0.1) is 0 Å². The number of carbonyl (C=O) groups excluding carboxylic acids is 1. The molecule has 6 nitrogen and oxygen atoms in total. The fourth-order valence-electron chi connectivity index (χ4n) is 4.15. The monoisotopic (exact) mass is 551 g/mol. The van der Waals surface area contributed by atoms with E-state index in [1.165, 1.54) is 35.2 Å². The lowest BCUT2D eigenvalue weighted by molar-refractivity contribution is -0.137. The summed E-state index contributed by atoms with van der Waals surface area (Å²) in [7, 11) is -4.08. The first-order chi connectivity index (χ1) is 17.4. The largest absolute Gasteiger partial charge is 0.416 e. The summed E-state index contributed by atoms with van der Waals surface area (Å²) in [6, 6.07) is 17.6. The van der Waals surface area contributed by atoms with Crippen molar-refractivity contribution in [1.82, 2.24) is 4.90 Å². The molecule has 0 N–H and O–H groups in total. The molecule has 0 saturated carbocycles. The van der Waals surface area contributed by atoms with E-state index in [-0.39, 0.29) is 18.0 Å². The molecular weight excluding hydrogens is 527 g/mol. The predicted octanol–water partition coefficient (Wildman–Crippen LogP) is 5.21. The molecule has 0 bridgehead atoms. The number of nitrogens with zero attached hydrogens (tertiary/aromatic N) is 3. The Morgan fingerprint density at radius 3 is 2.22 bits per heavy atom. The van der Waals surface area contributed by atoms with E-state index in [1.807, 2.05) is 13.0 Å². The van der Waals surface area contributed by atoms with Crippen molar-refractivity contribution < 1.29 is 26.4 Å². The zero-order valence-corrected chi connectivity index (χ0v) is 21.5. The zero-order valence-electron chi connectivity index (χ0n) is 20.0. The third kappa shape index (κ3) is 6.19. The van der Waals surface area contributed by atoms with Crippen molar-refractivity contribution in [2.75, 3.05) is 41.9 Å². The van der Waals surface area contributed by atoms with Crippen LogP contribution in [0.15, 0.2) is 77.7 Å². The smallest absolute Gasteiger partial charge is 0.368 e. The van der Waals surface area contributed by atoms with Crippen LogP contribution in [0.1, 0.15) is 11.1 Å². The van der Waals surface area contributed by atoms with Gasteiger partial charge in [0.25, 0.3) is 10.0 Å². The molecule has 0 aromatic heterocycles. The van der Waals surface area contributed by atoms with Crippen molar-refractivity contribution in [1.29, 1.82) is 0 Å². The summed E-state index contributed by atoms with van der Waals surface area (Å²) in [5.41, 5.74) is 0.875. The van der Waals surface area contributed by atoms with Gasteiger partial charge in [-0.3, -0.25) is 9.10 Å². The molecule has 1 aliphatic rings. The van der Waals surface area contributed by atoms with Gasteiger partial charge in [-0.1, -0.05) is 29.8 Å². The molecule has 11 heteroatoms. The second kappa shape index (κ2) is 10.6. The van der Waals surface area contributed by atoms with Crippen LogP contribution in [-0.2, 0) is 21.0 Å². The molecule has 1 fully saturated rings. The van der Waals surface area contributed by atoms with E-state index in [0.717, 1.165) is 22.0 Å². The first kappa shape index (κ1) is 26.8. The van der Waals surface area contributed by atoms with Crippen LogP contribution in [0.3, 0.4) is 0 Å². The Morgan fingerprint density at radius 2 is 1.59 bits per heavy atom. The SMILES string of the molecule is Cc1cccc(N(CC(=O)N2CCN(c3cccc(C(F)(F)F)c3)CC2)S(=O)(=O)c2ccc(Cl)cc2)c1. The number of amides is 1. The highest BCUT2D eigenvalue weighted by Gasteiger charge is 2.32. The van der Waals surface area contributed by atoms with Crippen LogP contribution in [0, 0.1) is 6.92 Å². The average Bonchev–Trinajstić information content (AvgIpc) is 2.87. The van der Waals surface area contributed by atoms with Crippen molar-refractivity contribution in [3.8, 4) is 0 Å². The number of aryl methyl sites for hydroxylation is 1. The van der Waals surface area contributed by atoms with Crippen LogP contribution in [0.25, 0.3) is 0 Å². The van der Waals surface area contributed by atoms with Crippen LogP contribution in [0.5, 0.6) is 0 Å². The minimum atomic E-state index is -4.44. The Morgan fingerprint density at radius 1 is 0.946 bits per heavy atom. The van der Waals surface area contributed by atoms with E-state index < -0.39 is 34.2 Å². The lowest BCUT2D eigenvalue weighted by atomic mass is 10.1. The molecule has 0 spiro atoms. The first-order valence-corrected chi connectivity index (χ1v) is 13.3. The van der Waals surface area contributed by atoms with Gasteiger partial charge in [0.15, 0.2) is 0 Å². The quantitative estimate of drug-likeness (QED) is 0.422. The maximum atomic E-state index is 13.5. The average molecular weight is 552 g/mol. The number of sulfonamides is 1. The standard InChI is InChI=1S/C26H25ClF3N3O3S/c1-19-4-2-7-23(16-19)33(37(35,36)24-10-8-21(27)9-11-24)18-25(34)32-14-12-31(13-15-32)22-6-3-5-20(17-22)26(28,29)30/h2-11,16-17H,12-15,18H2,1H3. The maximum Gasteiger partial charge on any atom is 0.416 e. The number of anilines is 2. The molecule has 0 unspecified atom stereocenters. The number of hydrogen-bond acceptors (Lipinski definition) is 4. The van der Waals surface area contributed by atoms with Gasteiger partial charge < -0.3 is 9.80 Å². The summed E-state index contributed by atoms with van der Waals surface area (Å²) in [4.78, 5) is 16.6. The summed E-state index contributed by atoms with van der Waals surface area (Å²) in [5, 5.41) is 0.385. The summed E-state index contributed by atoms with van der Waals surface area (Å²) in [6.07, 6.45) is -4.44. The molecule has 0 radical (unpaired) electrons. The highest BCUT2D eigenvalue weighted by molar-refractivity contribution is 7.92. The van der Waals surface area contributed by atoms with Gasteiger partial charge in [0.1, 0.15) is 6.54 Å². The van der Waals surface area contributed by atoms with Gasteiger partial charge in [0.2, 0.25) is 5.91 Å². The first-order valence-electron chi connectivity index (χ1n) is 11.5. The number of rotatable bonds is 6. The number of halogens is 4. The van der Waals surface area contributed by atoms with Gasteiger partial charge in [-0.2, -0.15) is 13.2 Å². The van der Waals surface area contributed by atoms with Crippen molar-refractivity contribution in [3.05, 3.63) is 88.9 Å². The second-order valence-corrected chi connectivity index (χ2v) is 11.0. The Labute approximate surface area is 218 Å². The van der Waals surface area contributed by atoms with Crippen LogP contribution in [0.2, 0.25) is 5.02 Å². The van der Waals surface area contributed by atoms with Crippen molar-refractivity contribution in [2.24, 2.45) is 0 Å². The predicted molar refractivity (Wildman–Crippen MR) is 137 cm³/mol. The molecular formula is C26H25ClF3N3O3S. The van der Waals surface area contributed by atoms with Crippen LogP contribution in [0.4, 0.5) is 24.5 Å². The van der Waals surface area contributed by atoms with E-state index in [4.69, 9.17) is 11.6 Å². The number of benzene rings is 3.